The molecule has 0 bridgehead atoms. The van der Waals surface area contributed by atoms with E-state index in [9.17, 15) is 13.2 Å². The molecule has 1 N–H and O–H groups in total. The molecule has 1 saturated carbocycles. The van der Waals surface area contributed by atoms with Gasteiger partial charge in [-0.25, -0.2) is 8.42 Å². The Bertz CT molecular complexity index is 1030. The Morgan fingerprint density at radius 1 is 1.09 bits per heavy atom. The minimum absolute atomic E-state index is 0.0479. The van der Waals surface area contributed by atoms with Crippen LogP contribution < -0.4 is 14.4 Å². The van der Waals surface area contributed by atoms with Gasteiger partial charge in [-0.2, -0.15) is 0 Å². The highest BCUT2D eigenvalue weighted by Gasteiger charge is 2.28. The molecule has 0 aliphatic heterocycles. The van der Waals surface area contributed by atoms with Crippen molar-refractivity contribution in [3.63, 3.8) is 0 Å². The summed E-state index contributed by atoms with van der Waals surface area (Å²) in [6.45, 7) is 5.11. The number of hydrogen-bond acceptors (Lipinski definition) is 5. The van der Waals surface area contributed by atoms with E-state index in [4.69, 9.17) is 4.74 Å². The van der Waals surface area contributed by atoms with Gasteiger partial charge >= 0.3 is 0 Å². The van der Waals surface area contributed by atoms with Crippen molar-refractivity contribution in [3.05, 3.63) is 53.6 Å². The van der Waals surface area contributed by atoms with Gasteiger partial charge in [0.05, 0.1) is 17.7 Å². The smallest absolute Gasteiger partial charge is 0.264 e. The summed E-state index contributed by atoms with van der Waals surface area (Å²) in [7, 11) is -0.229. The third-order valence-electron chi connectivity index (χ3n) is 5.76. The predicted octanol–water partition coefficient (Wildman–Crippen LogP) is 3.11. The number of nitrogens with one attached hydrogen (secondary N) is 1. The molecule has 0 heterocycles. The van der Waals surface area contributed by atoms with Gasteiger partial charge < -0.3 is 15.0 Å². The van der Waals surface area contributed by atoms with Gasteiger partial charge in [0.15, 0.2) is 0 Å². The first-order valence-electron chi connectivity index (χ1n) is 10.9. The summed E-state index contributed by atoms with van der Waals surface area (Å²) >= 11 is 0. The van der Waals surface area contributed by atoms with Crippen LogP contribution in [0.5, 0.6) is 5.75 Å². The maximum Gasteiger partial charge on any atom is 0.264 e. The maximum absolute atomic E-state index is 13.6. The number of anilines is 1. The molecule has 174 valence electrons. The van der Waals surface area contributed by atoms with E-state index < -0.39 is 10.0 Å². The van der Waals surface area contributed by atoms with E-state index >= 15 is 0 Å². The Balaban J connectivity index is 1.75. The lowest BCUT2D eigenvalue weighted by molar-refractivity contribution is -0.120. The third kappa shape index (κ3) is 6.01. The highest BCUT2D eigenvalue weighted by molar-refractivity contribution is 7.92. The summed E-state index contributed by atoms with van der Waals surface area (Å²) in [5, 5.41) is 2.91. The lowest BCUT2D eigenvalue weighted by atomic mass is 10.2. The number of benzene rings is 2. The molecule has 0 unspecified atom stereocenters. The molecule has 32 heavy (non-hydrogen) atoms. The lowest BCUT2D eigenvalue weighted by Gasteiger charge is -2.25. The fourth-order valence-electron chi connectivity index (χ4n) is 3.71. The molecule has 8 heteroatoms. The molecule has 2 aromatic rings. The van der Waals surface area contributed by atoms with Gasteiger partial charge in [-0.05, 0) is 69.6 Å². The number of carbonyl (C=O) groups excluding carboxylic acids is 1. The molecule has 1 amide bonds. The van der Waals surface area contributed by atoms with Crippen LogP contribution in [0.4, 0.5) is 5.69 Å². The Morgan fingerprint density at radius 3 is 2.38 bits per heavy atom. The molecule has 0 saturated heterocycles. The quantitative estimate of drug-likeness (QED) is 0.559. The van der Waals surface area contributed by atoms with E-state index in [0.29, 0.717) is 29.6 Å². The number of likely N-dealkylation sites (N-methyl/N-ethyl adjacent to an activating group) is 1. The van der Waals surface area contributed by atoms with Crippen molar-refractivity contribution in [2.24, 2.45) is 0 Å². The van der Waals surface area contributed by atoms with E-state index in [1.54, 1.807) is 50.4 Å². The van der Waals surface area contributed by atoms with Crippen molar-refractivity contribution in [1.82, 2.24) is 10.2 Å². The first kappa shape index (κ1) is 24.1. The molecule has 0 atom stereocenters. The van der Waals surface area contributed by atoms with Gasteiger partial charge in [0.2, 0.25) is 5.91 Å². The third-order valence-corrected chi connectivity index (χ3v) is 7.75. The fraction of sp³-hybridized carbons (Fsp3) is 0.458. The van der Waals surface area contributed by atoms with Crippen molar-refractivity contribution in [1.29, 1.82) is 0 Å². The molecule has 3 rings (SSSR count). The zero-order valence-corrected chi connectivity index (χ0v) is 20.1. The summed E-state index contributed by atoms with van der Waals surface area (Å²) in [4.78, 5) is 14.9. The molecule has 1 fully saturated rings. The van der Waals surface area contributed by atoms with Crippen LogP contribution in [0.15, 0.2) is 47.4 Å². The SMILES string of the molecule is COc1ccc(N(CCC(=O)NCCN(C)C2CC2)S(=O)(=O)c2ccc(C)cc2C)cc1. The van der Waals surface area contributed by atoms with Crippen LogP contribution in [0.3, 0.4) is 0 Å². The number of methoxy groups -OCH3 is 1. The number of amides is 1. The number of rotatable bonds is 11. The Labute approximate surface area is 191 Å². The van der Waals surface area contributed by atoms with E-state index in [2.05, 4.69) is 17.3 Å². The minimum atomic E-state index is -3.85. The summed E-state index contributed by atoms with van der Waals surface area (Å²) in [6, 6.07) is 12.7. The first-order chi connectivity index (χ1) is 15.2. The topological polar surface area (TPSA) is 79.0 Å². The molecule has 7 nitrogen and oxygen atoms in total. The molecule has 0 aromatic heterocycles. The van der Waals surface area contributed by atoms with Crippen LogP contribution in [-0.2, 0) is 14.8 Å². The van der Waals surface area contributed by atoms with Crippen LogP contribution >= 0.6 is 0 Å². The Hall–Kier alpha value is -2.58. The lowest BCUT2D eigenvalue weighted by Crippen LogP contribution is -2.38. The van der Waals surface area contributed by atoms with Crippen molar-refractivity contribution in [2.75, 3.05) is 38.1 Å². The van der Waals surface area contributed by atoms with Gasteiger partial charge in [0, 0.05) is 32.1 Å². The van der Waals surface area contributed by atoms with Gasteiger partial charge in [0.25, 0.3) is 10.0 Å². The highest BCUT2D eigenvalue weighted by Crippen LogP contribution is 2.28. The second-order valence-electron chi connectivity index (χ2n) is 8.36. The van der Waals surface area contributed by atoms with Crippen LogP contribution in [0, 0.1) is 13.8 Å². The highest BCUT2D eigenvalue weighted by atomic mass is 32.2. The van der Waals surface area contributed by atoms with Gasteiger partial charge in [-0.15, -0.1) is 0 Å². The first-order valence-corrected chi connectivity index (χ1v) is 12.4. The van der Waals surface area contributed by atoms with Gasteiger partial charge in [0.1, 0.15) is 5.75 Å². The molecule has 2 aromatic carbocycles. The molecule has 0 spiro atoms. The van der Waals surface area contributed by atoms with Gasteiger partial charge in [-0.1, -0.05) is 17.7 Å². The molecular weight excluding hydrogens is 426 g/mol. The van der Waals surface area contributed by atoms with Crippen LogP contribution in [0.2, 0.25) is 0 Å². The van der Waals surface area contributed by atoms with Crippen LogP contribution in [-0.4, -0.2) is 59.1 Å². The Morgan fingerprint density at radius 2 is 1.78 bits per heavy atom. The van der Waals surface area contributed by atoms with E-state index in [0.717, 1.165) is 12.1 Å². The number of carbonyl (C=O) groups is 1. The van der Waals surface area contributed by atoms with Crippen molar-refractivity contribution >= 4 is 21.6 Å². The number of nitrogens with zero attached hydrogens (tertiary/aromatic N) is 2. The predicted molar refractivity (Wildman–Crippen MR) is 127 cm³/mol. The summed E-state index contributed by atoms with van der Waals surface area (Å²) in [5.41, 5.74) is 2.16. The van der Waals surface area contributed by atoms with E-state index in [1.807, 2.05) is 13.0 Å². The second kappa shape index (κ2) is 10.4. The van der Waals surface area contributed by atoms with Crippen molar-refractivity contribution < 1.29 is 17.9 Å². The van der Waals surface area contributed by atoms with Crippen molar-refractivity contribution in [3.8, 4) is 5.75 Å². The number of aryl methyl sites for hydroxylation is 2. The summed E-state index contributed by atoms with van der Waals surface area (Å²) < 4.78 is 33.7. The maximum atomic E-state index is 13.6. The average Bonchev–Trinajstić information content (AvgIpc) is 3.59. The largest absolute Gasteiger partial charge is 0.497 e. The minimum Gasteiger partial charge on any atom is -0.497 e. The number of sulfonamides is 1. The summed E-state index contributed by atoms with van der Waals surface area (Å²) in [5.74, 6) is 0.471. The number of hydrogen-bond donors (Lipinski definition) is 1. The normalized spacial score (nSPS) is 13.8. The molecule has 1 aliphatic rings. The molecule has 0 radical (unpaired) electrons. The average molecular weight is 460 g/mol. The monoisotopic (exact) mass is 459 g/mol. The molecular formula is C24H33N3O4S. The van der Waals surface area contributed by atoms with Crippen LogP contribution in [0.1, 0.15) is 30.4 Å². The standard InChI is InChI=1S/C24H33N3O4S/c1-18-5-12-23(19(2)17-18)32(29,30)27(21-8-10-22(31-4)11-9-21)15-13-24(28)25-14-16-26(3)20-6-7-20/h5,8-12,17,20H,6-7,13-16H2,1-4H3,(H,25,28). The summed E-state index contributed by atoms with van der Waals surface area (Å²) in [6.07, 6.45) is 2.51. The molecule has 1 aliphatic carbocycles. The van der Waals surface area contributed by atoms with E-state index in [1.165, 1.54) is 17.1 Å². The number of ether oxygens (including phenoxy) is 1. The van der Waals surface area contributed by atoms with Crippen LogP contribution in [0.25, 0.3) is 0 Å². The van der Waals surface area contributed by atoms with E-state index in [-0.39, 0.29) is 23.8 Å². The van der Waals surface area contributed by atoms with Crippen molar-refractivity contribution in [2.45, 2.75) is 44.0 Å². The second-order valence-corrected chi connectivity index (χ2v) is 10.2. The zero-order valence-electron chi connectivity index (χ0n) is 19.3. The zero-order chi connectivity index (χ0) is 23.3. The Kier molecular flexibility index (Phi) is 7.79. The fourth-order valence-corrected chi connectivity index (χ4v) is 5.38. The van der Waals surface area contributed by atoms with Gasteiger partial charge in [-0.3, -0.25) is 9.10 Å².